The van der Waals surface area contributed by atoms with Crippen LogP contribution in [0.25, 0.3) is 0 Å². The van der Waals surface area contributed by atoms with Gasteiger partial charge >= 0.3 is 5.97 Å². The number of carboxylic acids is 1. The molecule has 0 spiro atoms. The van der Waals surface area contributed by atoms with Crippen molar-refractivity contribution < 1.29 is 19.0 Å². The van der Waals surface area contributed by atoms with Crippen LogP contribution in [0, 0.1) is 12.7 Å². The molecule has 0 aromatic heterocycles. The SMILES string of the molecule is COc1c(C)cc(F)cc1C(C)C(=O)O. The average Bonchev–Trinajstić information content (AvgIpc) is 2.15. The first-order valence-corrected chi connectivity index (χ1v) is 4.54. The Morgan fingerprint density at radius 3 is 2.60 bits per heavy atom. The lowest BCUT2D eigenvalue weighted by molar-refractivity contribution is -0.138. The van der Waals surface area contributed by atoms with Gasteiger partial charge in [0.2, 0.25) is 0 Å². The molecule has 0 saturated carbocycles. The molecule has 0 radical (unpaired) electrons. The van der Waals surface area contributed by atoms with Crippen LogP contribution in [0.15, 0.2) is 12.1 Å². The van der Waals surface area contributed by atoms with E-state index >= 15 is 0 Å². The summed E-state index contributed by atoms with van der Waals surface area (Å²) in [5.41, 5.74) is 0.961. The van der Waals surface area contributed by atoms with E-state index in [1.54, 1.807) is 6.92 Å². The molecular weight excluding hydrogens is 199 g/mol. The summed E-state index contributed by atoms with van der Waals surface area (Å²) in [5, 5.41) is 8.86. The summed E-state index contributed by atoms with van der Waals surface area (Å²) in [6.07, 6.45) is 0. The quantitative estimate of drug-likeness (QED) is 0.836. The van der Waals surface area contributed by atoms with Gasteiger partial charge in [0.05, 0.1) is 13.0 Å². The molecule has 0 fully saturated rings. The standard InChI is InChI=1S/C11H13FO3/c1-6-4-8(12)5-9(10(6)15-3)7(2)11(13)14/h4-5,7H,1-3H3,(H,13,14). The molecule has 1 unspecified atom stereocenters. The molecule has 0 saturated heterocycles. The monoisotopic (exact) mass is 212 g/mol. The summed E-state index contributed by atoms with van der Waals surface area (Å²) >= 11 is 0. The highest BCUT2D eigenvalue weighted by Gasteiger charge is 2.20. The van der Waals surface area contributed by atoms with Crippen LogP contribution in [0.3, 0.4) is 0 Å². The summed E-state index contributed by atoms with van der Waals surface area (Å²) in [4.78, 5) is 10.8. The molecule has 1 atom stereocenters. The normalized spacial score (nSPS) is 12.3. The van der Waals surface area contributed by atoms with Crippen LogP contribution < -0.4 is 4.74 Å². The fourth-order valence-corrected chi connectivity index (χ4v) is 1.49. The average molecular weight is 212 g/mol. The molecule has 0 aliphatic carbocycles. The van der Waals surface area contributed by atoms with Crippen molar-refractivity contribution in [1.29, 1.82) is 0 Å². The minimum atomic E-state index is -1.00. The van der Waals surface area contributed by atoms with E-state index in [1.165, 1.54) is 26.2 Å². The largest absolute Gasteiger partial charge is 0.496 e. The van der Waals surface area contributed by atoms with E-state index in [1.807, 2.05) is 0 Å². The van der Waals surface area contributed by atoms with Crippen molar-refractivity contribution >= 4 is 5.97 Å². The number of halogens is 1. The lowest BCUT2D eigenvalue weighted by Gasteiger charge is -2.14. The van der Waals surface area contributed by atoms with Gasteiger partial charge in [0.1, 0.15) is 11.6 Å². The number of hydrogen-bond donors (Lipinski definition) is 1. The zero-order valence-corrected chi connectivity index (χ0v) is 8.87. The number of hydrogen-bond acceptors (Lipinski definition) is 2. The number of ether oxygens (including phenoxy) is 1. The second-order valence-corrected chi connectivity index (χ2v) is 3.41. The van der Waals surface area contributed by atoms with Crippen LogP contribution >= 0.6 is 0 Å². The van der Waals surface area contributed by atoms with Gasteiger partial charge in [0, 0.05) is 5.56 Å². The Morgan fingerprint density at radius 1 is 1.53 bits per heavy atom. The number of rotatable bonds is 3. The van der Waals surface area contributed by atoms with Gasteiger partial charge in [-0.1, -0.05) is 0 Å². The van der Waals surface area contributed by atoms with E-state index in [9.17, 15) is 9.18 Å². The molecule has 4 heteroatoms. The first-order chi connectivity index (χ1) is 6.97. The highest BCUT2D eigenvalue weighted by Crippen LogP contribution is 2.30. The van der Waals surface area contributed by atoms with Crippen LogP contribution in [-0.4, -0.2) is 18.2 Å². The third-order valence-electron chi connectivity index (χ3n) is 2.31. The maximum absolute atomic E-state index is 13.1. The van der Waals surface area contributed by atoms with Crippen molar-refractivity contribution in [3.63, 3.8) is 0 Å². The van der Waals surface area contributed by atoms with Gasteiger partial charge in [-0.2, -0.15) is 0 Å². The first-order valence-electron chi connectivity index (χ1n) is 4.54. The molecule has 3 nitrogen and oxygen atoms in total. The van der Waals surface area contributed by atoms with Gasteiger partial charge in [-0.15, -0.1) is 0 Å². The Bertz CT molecular complexity index is 388. The molecule has 0 aliphatic heterocycles. The van der Waals surface area contributed by atoms with E-state index in [0.29, 0.717) is 16.9 Å². The summed E-state index contributed by atoms with van der Waals surface area (Å²) in [6.45, 7) is 3.18. The van der Waals surface area contributed by atoms with Gasteiger partial charge in [-0.25, -0.2) is 4.39 Å². The molecule has 1 N–H and O–H groups in total. The second kappa shape index (κ2) is 4.29. The number of methoxy groups -OCH3 is 1. The van der Waals surface area contributed by atoms with Crippen LogP contribution in [0.4, 0.5) is 4.39 Å². The minimum absolute atomic E-state index is 0.363. The first kappa shape index (κ1) is 11.5. The molecule has 1 rings (SSSR count). The van der Waals surface area contributed by atoms with Crippen molar-refractivity contribution in [3.8, 4) is 5.75 Å². The van der Waals surface area contributed by atoms with Gasteiger partial charge in [-0.3, -0.25) is 4.79 Å². The number of carboxylic acid groups (broad SMARTS) is 1. The number of benzene rings is 1. The Balaban J connectivity index is 3.32. The number of carbonyl (C=O) groups is 1. The van der Waals surface area contributed by atoms with Crippen LogP contribution in [0.5, 0.6) is 5.75 Å². The van der Waals surface area contributed by atoms with E-state index in [-0.39, 0.29) is 0 Å². The maximum Gasteiger partial charge on any atom is 0.310 e. The third-order valence-corrected chi connectivity index (χ3v) is 2.31. The van der Waals surface area contributed by atoms with E-state index in [4.69, 9.17) is 9.84 Å². The predicted molar refractivity (Wildman–Crippen MR) is 53.7 cm³/mol. The lowest BCUT2D eigenvalue weighted by Crippen LogP contribution is -2.10. The van der Waals surface area contributed by atoms with E-state index in [2.05, 4.69) is 0 Å². The van der Waals surface area contributed by atoms with Crippen LogP contribution in [0.1, 0.15) is 24.0 Å². The molecule has 0 amide bonds. The summed E-state index contributed by atoms with van der Waals surface area (Å²) in [5.74, 6) is -1.80. The maximum atomic E-state index is 13.1. The molecule has 15 heavy (non-hydrogen) atoms. The Kier molecular flexibility index (Phi) is 3.29. The Morgan fingerprint density at radius 2 is 2.13 bits per heavy atom. The lowest BCUT2D eigenvalue weighted by atomic mass is 9.98. The van der Waals surface area contributed by atoms with Crippen molar-refractivity contribution in [2.75, 3.05) is 7.11 Å². The van der Waals surface area contributed by atoms with Crippen LogP contribution in [0.2, 0.25) is 0 Å². The number of aryl methyl sites for hydroxylation is 1. The summed E-state index contributed by atoms with van der Waals surface area (Å²) in [6, 6.07) is 2.52. The van der Waals surface area contributed by atoms with Crippen molar-refractivity contribution in [3.05, 3.63) is 29.1 Å². The predicted octanol–water partition coefficient (Wildman–Crippen LogP) is 2.33. The zero-order valence-electron chi connectivity index (χ0n) is 8.87. The highest BCUT2D eigenvalue weighted by atomic mass is 19.1. The Labute approximate surface area is 87.5 Å². The van der Waals surface area contributed by atoms with Crippen molar-refractivity contribution in [2.45, 2.75) is 19.8 Å². The van der Waals surface area contributed by atoms with Gasteiger partial charge in [-0.05, 0) is 31.5 Å². The second-order valence-electron chi connectivity index (χ2n) is 3.41. The minimum Gasteiger partial charge on any atom is -0.496 e. The molecule has 82 valence electrons. The van der Waals surface area contributed by atoms with Crippen molar-refractivity contribution in [1.82, 2.24) is 0 Å². The zero-order chi connectivity index (χ0) is 11.6. The van der Waals surface area contributed by atoms with Gasteiger partial charge < -0.3 is 9.84 Å². The fraction of sp³-hybridized carbons (Fsp3) is 0.364. The van der Waals surface area contributed by atoms with Gasteiger partial charge in [0.25, 0.3) is 0 Å². The fourth-order valence-electron chi connectivity index (χ4n) is 1.49. The number of aliphatic carboxylic acids is 1. The van der Waals surface area contributed by atoms with Crippen LogP contribution in [-0.2, 0) is 4.79 Å². The molecular formula is C11H13FO3. The molecule has 0 bridgehead atoms. The topological polar surface area (TPSA) is 46.5 Å². The Hall–Kier alpha value is -1.58. The summed E-state index contributed by atoms with van der Waals surface area (Å²) in [7, 11) is 1.44. The molecule has 1 aromatic rings. The smallest absolute Gasteiger partial charge is 0.310 e. The third kappa shape index (κ3) is 2.26. The summed E-state index contributed by atoms with van der Waals surface area (Å²) < 4.78 is 18.2. The molecule has 0 aliphatic rings. The van der Waals surface area contributed by atoms with E-state index < -0.39 is 17.7 Å². The highest BCUT2D eigenvalue weighted by molar-refractivity contribution is 5.77. The molecule has 1 aromatic carbocycles. The van der Waals surface area contributed by atoms with Gasteiger partial charge in [0.15, 0.2) is 0 Å². The van der Waals surface area contributed by atoms with Crippen molar-refractivity contribution in [2.24, 2.45) is 0 Å². The van der Waals surface area contributed by atoms with E-state index in [0.717, 1.165) is 0 Å². The molecule has 0 heterocycles.